The number of hydrogen-bond acceptors (Lipinski definition) is 12. The second kappa shape index (κ2) is 29.1. The van der Waals surface area contributed by atoms with Crippen LogP contribution in [0, 0.1) is 0 Å². The number of ether oxygens (including phenoxy) is 2. The Bertz CT molecular complexity index is 950. The second-order valence-corrected chi connectivity index (χ2v) is 13.6. The third-order valence-corrected chi connectivity index (χ3v) is 8.62. The van der Waals surface area contributed by atoms with E-state index < -0.39 is 67.5 Å². The van der Waals surface area contributed by atoms with Crippen molar-refractivity contribution in [3.63, 3.8) is 0 Å². The van der Waals surface area contributed by atoms with Crippen LogP contribution < -0.4 is 5.11 Å². The van der Waals surface area contributed by atoms with Gasteiger partial charge in [0.25, 0.3) is 10.1 Å². The van der Waals surface area contributed by atoms with E-state index in [2.05, 4.69) is 13.8 Å². The van der Waals surface area contributed by atoms with E-state index >= 15 is 0 Å². The first-order chi connectivity index (χ1) is 20.6. The van der Waals surface area contributed by atoms with Gasteiger partial charge in [-0.1, -0.05) is 104 Å². The van der Waals surface area contributed by atoms with Crippen LogP contribution in [0.4, 0.5) is 0 Å². The largest absolute Gasteiger partial charge is 2.00 e. The summed E-state index contributed by atoms with van der Waals surface area (Å²) in [6, 6.07) is 0. The topological polar surface area (TPSA) is 242 Å². The molecule has 2 unspecified atom stereocenters. The summed E-state index contributed by atoms with van der Waals surface area (Å²) < 4.78 is 71.8. The maximum atomic E-state index is 11.4. The third-order valence-electron chi connectivity index (χ3n) is 6.47. The molecule has 0 fully saturated rings. The Labute approximate surface area is 297 Å². The normalized spacial score (nSPS) is 12.5. The van der Waals surface area contributed by atoms with Crippen molar-refractivity contribution in [3.8, 4) is 0 Å². The van der Waals surface area contributed by atoms with Gasteiger partial charge >= 0.3 is 55.6 Å². The summed E-state index contributed by atoms with van der Waals surface area (Å²) >= 11 is 0. The molecule has 0 heterocycles. The van der Waals surface area contributed by atoms with Crippen LogP contribution in [0.3, 0.4) is 0 Å². The molecule has 0 aliphatic rings. The molecular formula is C28H50CaO14S2. The van der Waals surface area contributed by atoms with Gasteiger partial charge in [0.15, 0.2) is 5.25 Å². The van der Waals surface area contributed by atoms with Crippen LogP contribution in [0.15, 0.2) is 0 Å². The van der Waals surface area contributed by atoms with Gasteiger partial charge in [0.2, 0.25) is 0 Å². The van der Waals surface area contributed by atoms with E-state index in [1.54, 1.807) is 0 Å². The van der Waals surface area contributed by atoms with Crippen LogP contribution in [0.1, 0.15) is 129 Å². The Morgan fingerprint density at radius 3 is 1.20 bits per heavy atom. The van der Waals surface area contributed by atoms with Crippen molar-refractivity contribution in [2.75, 3.05) is 13.2 Å². The van der Waals surface area contributed by atoms with Crippen LogP contribution in [0.5, 0.6) is 0 Å². The van der Waals surface area contributed by atoms with Gasteiger partial charge in [-0.2, -0.15) is 8.42 Å². The first-order valence-corrected chi connectivity index (χ1v) is 18.2. The fourth-order valence-electron chi connectivity index (χ4n) is 3.89. The standard InChI is InChI=1S/2C14H26O7S.Ca/c2*1-2-3-4-5-6-7-8-9-10-21-13(15)11-12(14(16)17)22(18,19)20;/h2*12H,2-11H2,1H3,(H,16,17)(H,18,19,20);/q;;+2/p-2. The summed E-state index contributed by atoms with van der Waals surface area (Å²) in [5.41, 5.74) is 0. The summed E-state index contributed by atoms with van der Waals surface area (Å²) in [4.78, 5) is 43.8. The van der Waals surface area contributed by atoms with E-state index in [1.165, 1.54) is 51.4 Å². The average Bonchev–Trinajstić information content (AvgIpc) is 2.91. The Kier molecular flexibility index (Phi) is 31.3. The number of carbonyl (C=O) groups excluding carboxylic acids is 3. The molecule has 0 aromatic heterocycles. The molecule has 0 saturated heterocycles. The van der Waals surface area contributed by atoms with Gasteiger partial charge in [-0.25, -0.2) is 8.42 Å². The zero-order valence-corrected chi connectivity index (χ0v) is 30.5. The van der Waals surface area contributed by atoms with Gasteiger partial charge in [-0.15, -0.1) is 0 Å². The zero-order valence-electron chi connectivity index (χ0n) is 26.6. The molecule has 260 valence electrons. The average molecular weight is 715 g/mol. The van der Waals surface area contributed by atoms with Gasteiger partial charge in [-0.05, 0) is 12.8 Å². The van der Waals surface area contributed by atoms with Crippen molar-refractivity contribution in [3.05, 3.63) is 0 Å². The monoisotopic (exact) mass is 714 g/mol. The van der Waals surface area contributed by atoms with Crippen molar-refractivity contribution in [2.45, 2.75) is 140 Å². The predicted octanol–water partition coefficient (Wildman–Crippen LogP) is 2.74. The molecule has 0 spiro atoms. The molecule has 2 N–H and O–H groups in total. The van der Waals surface area contributed by atoms with Crippen molar-refractivity contribution in [2.24, 2.45) is 0 Å². The van der Waals surface area contributed by atoms with Gasteiger partial charge in [-0.3, -0.25) is 18.9 Å². The minimum absolute atomic E-state index is 0. The molecule has 2 atom stereocenters. The van der Waals surface area contributed by atoms with Crippen molar-refractivity contribution in [1.29, 1.82) is 0 Å². The van der Waals surface area contributed by atoms with E-state index in [-0.39, 0.29) is 51.0 Å². The summed E-state index contributed by atoms with van der Waals surface area (Å²) in [5.74, 6) is -5.81. The van der Waals surface area contributed by atoms with E-state index in [1.807, 2.05) is 0 Å². The molecule has 0 bridgehead atoms. The van der Waals surface area contributed by atoms with Gasteiger partial charge in [0.05, 0.1) is 37.3 Å². The molecule has 0 rings (SSSR count). The fraction of sp³-hybridized carbons (Fsp3) is 0.857. The first-order valence-electron chi connectivity index (χ1n) is 15.2. The number of carboxylic acid groups (broad SMARTS) is 2. The predicted molar refractivity (Wildman–Crippen MR) is 164 cm³/mol. The quantitative estimate of drug-likeness (QED) is 0.0567. The van der Waals surface area contributed by atoms with Crippen LogP contribution in [0.25, 0.3) is 0 Å². The number of hydrogen-bond donors (Lipinski definition) is 2. The number of esters is 2. The molecular weight excluding hydrogens is 665 g/mol. The molecule has 14 nitrogen and oxygen atoms in total. The molecule has 17 heteroatoms. The van der Waals surface area contributed by atoms with Gasteiger partial charge in [0.1, 0.15) is 10.1 Å². The molecule has 0 amide bonds. The molecule has 0 saturated carbocycles. The van der Waals surface area contributed by atoms with Crippen LogP contribution in [-0.4, -0.2) is 116 Å². The number of carboxylic acids is 2. The Balaban J connectivity index is -0.000000767. The SMILES string of the molecule is CCCCCCCCCCOC(=O)CC(C(=O)O)S(=O)(=O)O.CCCCCCCCCCOC(=O)CC(C(=O)[O-])S(=O)(=O)[O-].[Ca+2]. The fourth-order valence-corrected chi connectivity index (χ4v) is 5.07. The number of aliphatic carboxylic acids is 2. The van der Waals surface area contributed by atoms with E-state index in [4.69, 9.17) is 19.1 Å². The molecule has 0 aromatic rings. The van der Waals surface area contributed by atoms with Gasteiger partial charge < -0.3 is 29.0 Å². The summed E-state index contributed by atoms with van der Waals surface area (Å²) in [7, 11) is -9.93. The Morgan fingerprint density at radius 2 is 0.933 bits per heavy atom. The van der Waals surface area contributed by atoms with E-state index in [0.717, 1.165) is 38.5 Å². The molecule has 0 aromatic carbocycles. The van der Waals surface area contributed by atoms with Crippen molar-refractivity contribution >= 4 is 81.9 Å². The molecule has 0 aliphatic heterocycles. The number of carbonyl (C=O) groups is 4. The van der Waals surface area contributed by atoms with E-state index in [0.29, 0.717) is 12.8 Å². The second-order valence-electron chi connectivity index (χ2n) is 10.4. The maximum Gasteiger partial charge on any atom is 2.00 e. The van der Waals surface area contributed by atoms with Crippen molar-refractivity contribution in [1.82, 2.24) is 0 Å². The maximum absolute atomic E-state index is 11.4. The summed E-state index contributed by atoms with van der Waals surface area (Å²) in [6.45, 7) is 4.53. The number of unbranched alkanes of at least 4 members (excludes halogenated alkanes) is 14. The van der Waals surface area contributed by atoms with E-state index in [9.17, 15) is 45.7 Å². The summed E-state index contributed by atoms with van der Waals surface area (Å²) in [5, 5.41) is 14.6. The van der Waals surface area contributed by atoms with Crippen LogP contribution in [-0.2, 0) is 48.9 Å². The van der Waals surface area contributed by atoms with Crippen LogP contribution in [0.2, 0.25) is 0 Å². The Morgan fingerprint density at radius 1 is 0.622 bits per heavy atom. The third kappa shape index (κ3) is 30.1. The zero-order chi connectivity index (χ0) is 34.0. The molecule has 45 heavy (non-hydrogen) atoms. The van der Waals surface area contributed by atoms with Gasteiger partial charge in [0, 0.05) is 0 Å². The first kappa shape index (κ1) is 48.4. The molecule has 0 aliphatic carbocycles. The van der Waals surface area contributed by atoms with Crippen LogP contribution >= 0.6 is 0 Å². The molecule has 0 radical (unpaired) electrons. The summed E-state index contributed by atoms with van der Waals surface area (Å²) in [6.07, 6.45) is 15.2. The Hall–Kier alpha value is -1.04. The van der Waals surface area contributed by atoms with Crippen molar-refractivity contribution < 1.29 is 64.8 Å². The smallest absolute Gasteiger partial charge is 0.747 e. The number of rotatable bonds is 26. The minimum atomic E-state index is -5.12. The minimum Gasteiger partial charge on any atom is -0.747 e.